The molecule has 5 nitrogen and oxygen atoms in total. The molecular formula is C19H18BrF2N3O2. The Morgan fingerprint density at radius 1 is 1.22 bits per heavy atom. The Morgan fingerprint density at radius 3 is 2.56 bits per heavy atom. The number of hydrogen-bond donors (Lipinski definition) is 0. The summed E-state index contributed by atoms with van der Waals surface area (Å²) < 4.78 is 33.3. The van der Waals surface area contributed by atoms with E-state index in [2.05, 4.69) is 25.8 Å². The number of rotatable bonds is 4. The number of hydrogen-bond acceptors (Lipinski definition) is 4. The van der Waals surface area contributed by atoms with Gasteiger partial charge in [-0.25, -0.2) is 18.6 Å². The maximum Gasteiger partial charge on any atom is 0.411 e. The molecule has 2 aliphatic rings. The van der Waals surface area contributed by atoms with Crippen molar-refractivity contribution in [2.45, 2.75) is 32.0 Å². The summed E-state index contributed by atoms with van der Waals surface area (Å²) >= 11 is 3.49. The van der Waals surface area contributed by atoms with E-state index in [1.54, 1.807) is 6.92 Å². The van der Waals surface area contributed by atoms with Crippen LogP contribution < -0.4 is 4.90 Å². The molecule has 0 N–H and O–H groups in total. The molecule has 27 heavy (non-hydrogen) atoms. The fourth-order valence-corrected chi connectivity index (χ4v) is 3.71. The summed E-state index contributed by atoms with van der Waals surface area (Å²) in [5.74, 6) is -0.514. The number of pyridine rings is 1. The van der Waals surface area contributed by atoms with E-state index in [1.807, 2.05) is 12.1 Å². The van der Waals surface area contributed by atoms with Gasteiger partial charge in [-0.2, -0.15) is 0 Å². The molecule has 1 aromatic carbocycles. The van der Waals surface area contributed by atoms with E-state index in [1.165, 1.54) is 17.0 Å². The molecule has 8 heteroatoms. The van der Waals surface area contributed by atoms with E-state index in [0.717, 1.165) is 35.9 Å². The molecule has 2 aliphatic heterocycles. The van der Waals surface area contributed by atoms with Gasteiger partial charge in [-0.05, 0) is 53.5 Å². The molecule has 2 saturated heterocycles. The van der Waals surface area contributed by atoms with E-state index in [0.29, 0.717) is 11.3 Å². The molecule has 0 unspecified atom stereocenters. The number of halogens is 3. The minimum atomic E-state index is -0.736. The molecule has 0 bridgehead atoms. The van der Waals surface area contributed by atoms with Gasteiger partial charge in [0.05, 0.1) is 18.3 Å². The van der Waals surface area contributed by atoms with Gasteiger partial charge in [0.1, 0.15) is 23.6 Å². The Bertz CT molecular complexity index is 871. The molecule has 1 aromatic heterocycles. The van der Waals surface area contributed by atoms with Gasteiger partial charge in [0.2, 0.25) is 0 Å². The van der Waals surface area contributed by atoms with Crippen LogP contribution in [-0.4, -0.2) is 35.1 Å². The molecule has 2 atom stereocenters. The van der Waals surface area contributed by atoms with Crippen LogP contribution in [-0.2, 0) is 11.3 Å². The molecule has 0 spiro atoms. The lowest BCUT2D eigenvalue weighted by molar-refractivity contribution is 0.130. The van der Waals surface area contributed by atoms with Crippen molar-refractivity contribution in [1.82, 2.24) is 9.88 Å². The SMILES string of the molecule is C[C@H]1[C@@H](c2cc(F)cc(F)c2)OC(=O)N1Cc1nc(N2CCC2)ccc1Br. The first kappa shape index (κ1) is 18.2. The van der Waals surface area contributed by atoms with Crippen molar-refractivity contribution in [3.8, 4) is 0 Å². The van der Waals surface area contributed by atoms with Crippen molar-refractivity contribution in [3.05, 3.63) is 57.7 Å². The van der Waals surface area contributed by atoms with Crippen molar-refractivity contribution in [2.75, 3.05) is 18.0 Å². The summed E-state index contributed by atoms with van der Waals surface area (Å²) in [5.41, 5.74) is 1.02. The normalized spacial score (nSPS) is 22.0. The molecule has 0 aliphatic carbocycles. The van der Waals surface area contributed by atoms with Crippen molar-refractivity contribution in [2.24, 2.45) is 0 Å². The van der Waals surface area contributed by atoms with E-state index >= 15 is 0 Å². The summed E-state index contributed by atoms with van der Waals surface area (Å²) in [4.78, 5) is 20.8. The minimum Gasteiger partial charge on any atom is -0.439 e. The Labute approximate surface area is 164 Å². The highest BCUT2D eigenvalue weighted by Gasteiger charge is 2.40. The number of nitrogens with zero attached hydrogens (tertiary/aromatic N) is 3. The van der Waals surface area contributed by atoms with Gasteiger partial charge < -0.3 is 9.64 Å². The van der Waals surface area contributed by atoms with Crippen LogP contribution >= 0.6 is 15.9 Å². The molecule has 0 radical (unpaired) electrons. The maximum absolute atomic E-state index is 13.5. The second kappa shape index (κ2) is 7.07. The van der Waals surface area contributed by atoms with Gasteiger partial charge in [-0.15, -0.1) is 0 Å². The largest absolute Gasteiger partial charge is 0.439 e. The number of amides is 1. The van der Waals surface area contributed by atoms with Crippen molar-refractivity contribution < 1.29 is 18.3 Å². The molecular weight excluding hydrogens is 420 g/mol. The van der Waals surface area contributed by atoms with Gasteiger partial charge >= 0.3 is 6.09 Å². The first-order chi connectivity index (χ1) is 12.9. The second-order valence-electron chi connectivity index (χ2n) is 6.81. The predicted molar refractivity (Wildman–Crippen MR) is 99.4 cm³/mol. The lowest BCUT2D eigenvalue weighted by atomic mass is 10.0. The van der Waals surface area contributed by atoms with Crippen LogP contribution in [0.15, 0.2) is 34.8 Å². The highest BCUT2D eigenvalue weighted by molar-refractivity contribution is 9.10. The first-order valence-electron chi connectivity index (χ1n) is 8.76. The van der Waals surface area contributed by atoms with Gasteiger partial charge in [-0.1, -0.05) is 0 Å². The van der Waals surface area contributed by atoms with Crippen LogP contribution in [0.1, 0.15) is 30.7 Å². The summed E-state index contributed by atoms with van der Waals surface area (Å²) in [6, 6.07) is 6.66. The molecule has 0 saturated carbocycles. The molecule has 4 rings (SSSR count). The summed E-state index contributed by atoms with van der Waals surface area (Å²) in [6.07, 6.45) is -0.116. The quantitative estimate of drug-likeness (QED) is 0.710. The summed E-state index contributed by atoms with van der Waals surface area (Å²) in [7, 11) is 0. The average molecular weight is 438 g/mol. The Morgan fingerprint density at radius 2 is 1.93 bits per heavy atom. The third kappa shape index (κ3) is 3.50. The third-order valence-corrected chi connectivity index (χ3v) is 5.73. The first-order valence-corrected chi connectivity index (χ1v) is 9.55. The standard InChI is InChI=1S/C19H18BrF2N3O2/c1-11-18(12-7-13(21)9-14(22)8-12)27-19(26)25(11)10-16-15(20)3-4-17(23-16)24-5-2-6-24/h3-4,7-9,11,18H,2,5-6,10H2,1H3/t11-,18-/m0/s1. The fourth-order valence-electron chi connectivity index (χ4n) is 3.37. The smallest absolute Gasteiger partial charge is 0.411 e. The van der Waals surface area contributed by atoms with Crippen LogP contribution in [0.5, 0.6) is 0 Å². The van der Waals surface area contributed by atoms with E-state index in [9.17, 15) is 13.6 Å². The van der Waals surface area contributed by atoms with Gasteiger partial charge in [0.25, 0.3) is 0 Å². The topological polar surface area (TPSA) is 45.7 Å². The minimum absolute atomic E-state index is 0.247. The third-order valence-electron chi connectivity index (χ3n) is 5.01. The van der Waals surface area contributed by atoms with Crippen LogP contribution in [0.25, 0.3) is 0 Å². The summed E-state index contributed by atoms with van der Waals surface area (Å²) in [5, 5.41) is 0. The molecule has 3 heterocycles. The van der Waals surface area contributed by atoms with Crippen LogP contribution in [0.4, 0.5) is 19.4 Å². The molecule has 1 amide bonds. The zero-order valence-corrected chi connectivity index (χ0v) is 16.2. The van der Waals surface area contributed by atoms with Crippen molar-refractivity contribution >= 4 is 27.8 Å². The van der Waals surface area contributed by atoms with E-state index in [-0.39, 0.29) is 12.6 Å². The number of carbonyl (C=O) groups is 1. The number of aromatic nitrogens is 1. The average Bonchev–Trinajstić information content (AvgIpc) is 2.83. The highest BCUT2D eigenvalue weighted by Crippen LogP contribution is 2.35. The second-order valence-corrected chi connectivity index (χ2v) is 7.67. The van der Waals surface area contributed by atoms with Gasteiger partial charge in [-0.3, -0.25) is 4.90 Å². The van der Waals surface area contributed by atoms with Crippen molar-refractivity contribution in [3.63, 3.8) is 0 Å². The Kier molecular flexibility index (Phi) is 4.75. The highest BCUT2D eigenvalue weighted by atomic mass is 79.9. The summed E-state index contributed by atoms with van der Waals surface area (Å²) in [6.45, 7) is 4.00. The van der Waals surface area contributed by atoms with Gasteiger partial charge in [0.15, 0.2) is 0 Å². The zero-order chi connectivity index (χ0) is 19.1. The molecule has 142 valence electrons. The number of carbonyl (C=O) groups excluding carboxylic acids is 1. The van der Waals surface area contributed by atoms with Crippen LogP contribution in [0, 0.1) is 11.6 Å². The van der Waals surface area contributed by atoms with Gasteiger partial charge in [0, 0.05) is 29.2 Å². The lowest BCUT2D eigenvalue weighted by Crippen LogP contribution is -2.38. The molecule has 2 fully saturated rings. The predicted octanol–water partition coefficient (Wildman–Crippen LogP) is 4.41. The van der Waals surface area contributed by atoms with Crippen LogP contribution in [0.2, 0.25) is 0 Å². The van der Waals surface area contributed by atoms with E-state index < -0.39 is 23.8 Å². The number of ether oxygens (including phenoxy) is 1. The lowest BCUT2D eigenvalue weighted by Gasteiger charge is -2.32. The van der Waals surface area contributed by atoms with Crippen LogP contribution in [0.3, 0.4) is 0 Å². The maximum atomic E-state index is 13.5. The van der Waals surface area contributed by atoms with E-state index in [4.69, 9.17) is 4.74 Å². The monoisotopic (exact) mass is 437 g/mol. The van der Waals surface area contributed by atoms with Crippen molar-refractivity contribution in [1.29, 1.82) is 0 Å². The fraction of sp³-hybridized carbons (Fsp3) is 0.368. The number of benzene rings is 1. The molecule has 2 aromatic rings. The Hall–Kier alpha value is -2.22. The number of cyclic esters (lactones) is 1. The number of anilines is 1. The Balaban J connectivity index is 1.57. The zero-order valence-electron chi connectivity index (χ0n) is 14.7.